The zero-order valence-electron chi connectivity index (χ0n) is 11.1. The fourth-order valence-corrected chi connectivity index (χ4v) is 2.43. The van der Waals surface area contributed by atoms with Gasteiger partial charge in [-0.05, 0) is 13.3 Å². The van der Waals surface area contributed by atoms with Crippen molar-refractivity contribution in [1.29, 1.82) is 0 Å². The maximum atomic E-state index is 11.5. The molecule has 4 nitrogen and oxygen atoms in total. The van der Waals surface area contributed by atoms with E-state index in [4.69, 9.17) is 4.74 Å². The van der Waals surface area contributed by atoms with E-state index >= 15 is 0 Å². The lowest BCUT2D eigenvalue weighted by molar-refractivity contribution is -0.144. The predicted octanol–water partition coefficient (Wildman–Crippen LogP) is 2.73. The van der Waals surface area contributed by atoms with Gasteiger partial charge in [0.05, 0.1) is 13.0 Å². The van der Waals surface area contributed by atoms with Crippen molar-refractivity contribution in [3.05, 3.63) is 20.7 Å². The van der Waals surface area contributed by atoms with Crippen LogP contribution in [-0.2, 0) is 16.1 Å². The van der Waals surface area contributed by atoms with Crippen LogP contribution in [0.3, 0.4) is 0 Å². The standard InChI is InChI=1S/C13H21NO3S/c1-3-4-5-6-9-17-12(15)7-8-14-11(2)10-18-13(14)16/h10H,3-9H2,1-2H3. The van der Waals surface area contributed by atoms with Crippen LogP contribution in [0.1, 0.15) is 44.7 Å². The molecule has 0 aliphatic rings. The van der Waals surface area contributed by atoms with E-state index < -0.39 is 0 Å². The van der Waals surface area contributed by atoms with Crippen molar-refractivity contribution in [2.75, 3.05) is 6.61 Å². The third-order valence-electron chi connectivity index (χ3n) is 2.78. The smallest absolute Gasteiger partial charge is 0.307 e. The average molecular weight is 271 g/mol. The molecule has 0 bridgehead atoms. The molecule has 102 valence electrons. The summed E-state index contributed by atoms with van der Waals surface area (Å²) < 4.78 is 6.73. The Morgan fingerprint density at radius 1 is 1.39 bits per heavy atom. The van der Waals surface area contributed by atoms with Gasteiger partial charge in [0.25, 0.3) is 0 Å². The summed E-state index contributed by atoms with van der Waals surface area (Å²) in [5.41, 5.74) is 0.903. The Balaban J connectivity index is 2.19. The van der Waals surface area contributed by atoms with Gasteiger partial charge in [0.2, 0.25) is 0 Å². The van der Waals surface area contributed by atoms with Crippen molar-refractivity contribution >= 4 is 17.3 Å². The summed E-state index contributed by atoms with van der Waals surface area (Å²) in [6.07, 6.45) is 4.66. The van der Waals surface area contributed by atoms with Crippen LogP contribution >= 0.6 is 11.3 Å². The Morgan fingerprint density at radius 2 is 2.17 bits per heavy atom. The molecule has 0 saturated carbocycles. The molecule has 18 heavy (non-hydrogen) atoms. The molecule has 0 aromatic carbocycles. The summed E-state index contributed by atoms with van der Waals surface area (Å²) in [5, 5.41) is 1.80. The number of nitrogens with zero attached hydrogens (tertiary/aromatic N) is 1. The maximum Gasteiger partial charge on any atom is 0.307 e. The summed E-state index contributed by atoms with van der Waals surface area (Å²) in [7, 11) is 0. The molecule has 5 heteroatoms. The first kappa shape index (κ1) is 15.0. The highest BCUT2D eigenvalue weighted by Gasteiger charge is 2.07. The highest BCUT2D eigenvalue weighted by Crippen LogP contribution is 2.03. The van der Waals surface area contributed by atoms with Crippen molar-refractivity contribution < 1.29 is 9.53 Å². The van der Waals surface area contributed by atoms with Gasteiger partial charge in [-0.25, -0.2) is 0 Å². The van der Waals surface area contributed by atoms with Gasteiger partial charge < -0.3 is 9.30 Å². The van der Waals surface area contributed by atoms with Crippen molar-refractivity contribution in [3.8, 4) is 0 Å². The monoisotopic (exact) mass is 271 g/mol. The molecule has 0 spiro atoms. The molecule has 1 heterocycles. The van der Waals surface area contributed by atoms with Gasteiger partial charge in [0, 0.05) is 17.6 Å². The number of rotatable bonds is 8. The van der Waals surface area contributed by atoms with Crippen molar-refractivity contribution in [1.82, 2.24) is 4.57 Å². The van der Waals surface area contributed by atoms with E-state index in [1.165, 1.54) is 12.8 Å². The van der Waals surface area contributed by atoms with Gasteiger partial charge >= 0.3 is 10.8 Å². The minimum Gasteiger partial charge on any atom is -0.466 e. The summed E-state index contributed by atoms with van der Waals surface area (Å²) in [5.74, 6) is -0.219. The second-order valence-corrected chi connectivity index (χ2v) is 5.15. The van der Waals surface area contributed by atoms with Gasteiger partial charge in [0.15, 0.2) is 0 Å². The fourth-order valence-electron chi connectivity index (χ4n) is 1.66. The van der Waals surface area contributed by atoms with E-state index in [0.29, 0.717) is 13.2 Å². The Bertz CT molecular complexity index is 422. The summed E-state index contributed by atoms with van der Waals surface area (Å²) in [6.45, 7) is 4.93. The molecule has 0 radical (unpaired) electrons. The number of carbonyl (C=O) groups is 1. The van der Waals surface area contributed by atoms with Gasteiger partial charge in [-0.2, -0.15) is 0 Å². The van der Waals surface area contributed by atoms with Gasteiger partial charge in [0.1, 0.15) is 0 Å². The van der Waals surface area contributed by atoms with E-state index in [9.17, 15) is 9.59 Å². The van der Waals surface area contributed by atoms with Crippen molar-refractivity contribution in [3.63, 3.8) is 0 Å². The SMILES string of the molecule is CCCCCCOC(=O)CCn1c(C)csc1=O. The number of aryl methyl sites for hydroxylation is 1. The van der Waals surface area contributed by atoms with Crippen LogP contribution < -0.4 is 4.87 Å². The van der Waals surface area contributed by atoms with Gasteiger partial charge in [-0.3, -0.25) is 9.59 Å². The lowest BCUT2D eigenvalue weighted by atomic mass is 10.2. The number of hydrogen-bond acceptors (Lipinski definition) is 4. The van der Waals surface area contributed by atoms with Crippen LogP contribution in [0, 0.1) is 6.92 Å². The highest BCUT2D eigenvalue weighted by atomic mass is 32.1. The van der Waals surface area contributed by atoms with Crippen LogP contribution in [0.25, 0.3) is 0 Å². The number of thiazole rings is 1. The summed E-state index contributed by atoms with van der Waals surface area (Å²) >= 11 is 1.16. The molecule has 0 N–H and O–H groups in total. The highest BCUT2D eigenvalue weighted by molar-refractivity contribution is 7.07. The number of hydrogen-bond donors (Lipinski definition) is 0. The molecule has 1 rings (SSSR count). The van der Waals surface area contributed by atoms with Crippen LogP contribution in [0.5, 0.6) is 0 Å². The lowest BCUT2D eigenvalue weighted by Gasteiger charge is -2.06. The van der Waals surface area contributed by atoms with Crippen molar-refractivity contribution in [2.24, 2.45) is 0 Å². The quantitative estimate of drug-likeness (QED) is 0.539. The molecule has 0 atom stereocenters. The number of ether oxygens (including phenoxy) is 1. The molecule has 0 unspecified atom stereocenters. The molecule has 1 aromatic heterocycles. The first-order chi connectivity index (χ1) is 8.65. The van der Waals surface area contributed by atoms with Gasteiger partial charge in [-0.1, -0.05) is 37.5 Å². The van der Waals surface area contributed by atoms with Crippen LogP contribution in [-0.4, -0.2) is 17.1 Å². The third kappa shape index (κ3) is 5.04. The minimum absolute atomic E-state index is 0.0109. The van der Waals surface area contributed by atoms with E-state index in [1.54, 1.807) is 9.95 Å². The van der Waals surface area contributed by atoms with E-state index in [-0.39, 0.29) is 17.3 Å². The maximum absolute atomic E-state index is 11.5. The Labute approximate surface area is 112 Å². The lowest BCUT2D eigenvalue weighted by Crippen LogP contribution is -2.18. The summed E-state index contributed by atoms with van der Waals surface area (Å²) in [6, 6.07) is 0. The molecule has 0 saturated heterocycles. The Morgan fingerprint density at radius 3 is 2.78 bits per heavy atom. The van der Waals surface area contributed by atoms with Crippen LogP contribution in [0.4, 0.5) is 0 Å². The molecule has 0 aliphatic carbocycles. The molecular weight excluding hydrogens is 250 g/mol. The molecule has 0 amide bonds. The van der Waals surface area contributed by atoms with E-state index in [1.807, 2.05) is 6.92 Å². The van der Waals surface area contributed by atoms with Gasteiger partial charge in [-0.15, -0.1) is 0 Å². The first-order valence-corrected chi connectivity index (χ1v) is 7.33. The zero-order chi connectivity index (χ0) is 13.4. The predicted molar refractivity (Wildman–Crippen MR) is 73.0 cm³/mol. The largest absolute Gasteiger partial charge is 0.466 e. The fraction of sp³-hybridized carbons (Fsp3) is 0.692. The second kappa shape index (κ2) is 8.08. The molecule has 0 fully saturated rings. The van der Waals surface area contributed by atoms with Crippen LogP contribution in [0.15, 0.2) is 10.2 Å². The van der Waals surface area contributed by atoms with Crippen molar-refractivity contribution in [2.45, 2.75) is 52.5 Å². The van der Waals surface area contributed by atoms with E-state index in [2.05, 4.69) is 6.92 Å². The first-order valence-electron chi connectivity index (χ1n) is 6.45. The minimum atomic E-state index is -0.219. The Kier molecular flexibility index (Phi) is 6.72. The summed E-state index contributed by atoms with van der Waals surface area (Å²) in [4.78, 5) is 22.9. The number of unbranched alkanes of at least 4 members (excludes halogenated alkanes) is 3. The number of carbonyl (C=O) groups excluding carboxylic acids is 1. The number of aromatic nitrogens is 1. The zero-order valence-corrected chi connectivity index (χ0v) is 11.9. The topological polar surface area (TPSA) is 48.3 Å². The molecule has 0 aliphatic heterocycles. The van der Waals surface area contributed by atoms with Crippen LogP contribution in [0.2, 0.25) is 0 Å². The third-order valence-corrected chi connectivity index (χ3v) is 3.66. The Hall–Kier alpha value is -1.10. The molecular formula is C13H21NO3S. The normalized spacial score (nSPS) is 10.6. The second-order valence-electron chi connectivity index (χ2n) is 4.33. The van der Waals surface area contributed by atoms with E-state index in [0.717, 1.165) is 29.9 Å². The average Bonchev–Trinajstić information content (AvgIpc) is 2.66. The number of esters is 1. The molecule has 1 aromatic rings.